The third kappa shape index (κ3) is 6.72. The summed E-state index contributed by atoms with van der Waals surface area (Å²) in [6.45, 7) is 6.71. The molecule has 1 rings (SSSR count). The SMILES string of the molecule is CCC.CCCOC(=O)c1ccccc1. The van der Waals surface area contributed by atoms with Gasteiger partial charge in [-0.3, -0.25) is 0 Å². The van der Waals surface area contributed by atoms with Gasteiger partial charge in [-0.05, 0) is 18.6 Å². The number of hydrogen-bond donors (Lipinski definition) is 0. The number of hydrogen-bond acceptors (Lipinski definition) is 2. The Bertz CT molecular complexity index is 254. The fourth-order valence-corrected chi connectivity index (χ4v) is 0.852. The molecule has 2 nitrogen and oxygen atoms in total. The van der Waals surface area contributed by atoms with Crippen molar-refractivity contribution in [1.82, 2.24) is 0 Å². The number of benzene rings is 1. The van der Waals surface area contributed by atoms with Gasteiger partial charge in [0.1, 0.15) is 0 Å². The minimum atomic E-state index is -0.238. The molecule has 0 amide bonds. The van der Waals surface area contributed by atoms with Crippen LogP contribution in [0.3, 0.4) is 0 Å². The number of esters is 1. The number of carbonyl (C=O) groups excluding carboxylic acids is 1. The van der Waals surface area contributed by atoms with E-state index >= 15 is 0 Å². The number of ether oxygens (including phenoxy) is 1. The summed E-state index contributed by atoms with van der Waals surface area (Å²) in [5.74, 6) is -0.238. The predicted molar refractivity (Wildman–Crippen MR) is 63.0 cm³/mol. The molecular weight excluding hydrogens is 188 g/mol. The van der Waals surface area contributed by atoms with E-state index in [2.05, 4.69) is 13.8 Å². The molecule has 0 spiro atoms. The number of carbonyl (C=O) groups is 1. The zero-order valence-electron chi connectivity index (χ0n) is 9.82. The van der Waals surface area contributed by atoms with Crippen molar-refractivity contribution in [1.29, 1.82) is 0 Å². The standard InChI is InChI=1S/C10H12O2.C3H8/c1-2-8-12-10(11)9-6-4-3-5-7-9;1-3-2/h3-7H,2,8H2,1H3;3H2,1-2H3. The molecule has 0 heterocycles. The van der Waals surface area contributed by atoms with Crippen LogP contribution in [-0.4, -0.2) is 12.6 Å². The fraction of sp³-hybridized carbons (Fsp3) is 0.462. The van der Waals surface area contributed by atoms with Crippen LogP contribution in [0, 0.1) is 0 Å². The number of rotatable bonds is 3. The Morgan fingerprint density at radius 3 is 2.13 bits per heavy atom. The first kappa shape index (κ1) is 13.7. The van der Waals surface area contributed by atoms with E-state index in [4.69, 9.17) is 4.74 Å². The largest absolute Gasteiger partial charge is 0.462 e. The molecule has 1 aromatic rings. The first-order valence-corrected chi connectivity index (χ1v) is 5.48. The third-order valence-electron chi connectivity index (χ3n) is 1.45. The van der Waals surface area contributed by atoms with Crippen LogP contribution in [0.25, 0.3) is 0 Å². The lowest BCUT2D eigenvalue weighted by atomic mass is 10.2. The van der Waals surface area contributed by atoms with E-state index in [0.29, 0.717) is 12.2 Å². The molecule has 84 valence electrons. The molecule has 0 saturated heterocycles. The molecule has 0 unspecified atom stereocenters. The summed E-state index contributed by atoms with van der Waals surface area (Å²) in [6.07, 6.45) is 2.11. The summed E-state index contributed by atoms with van der Waals surface area (Å²) in [7, 11) is 0. The Balaban J connectivity index is 0.000000583. The second-order valence-corrected chi connectivity index (χ2v) is 3.21. The maximum atomic E-state index is 11.2. The van der Waals surface area contributed by atoms with Crippen LogP contribution in [0.2, 0.25) is 0 Å². The van der Waals surface area contributed by atoms with E-state index in [1.165, 1.54) is 6.42 Å². The first-order chi connectivity index (χ1) is 7.26. The molecule has 0 saturated carbocycles. The molecule has 0 N–H and O–H groups in total. The van der Waals surface area contributed by atoms with Gasteiger partial charge in [0, 0.05) is 0 Å². The zero-order chi connectivity index (χ0) is 11.5. The van der Waals surface area contributed by atoms with Gasteiger partial charge in [0.05, 0.1) is 12.2 Å². The smallest absolute Gasteiger partial charge is 0.338 e. The minimum absolute atomic E-state index is 0.238. The van der Waals surface area contributed by atoms with Gasteiger partial charge in [-0.15, -0.1) is 0 Å². The van der Waals surface area contributed by atoms with Crippen molar-refractivity contribution >= 4 is 5.97 Å². The molecule has 0 atom stereocenters. The van der Waals surface area contributed by atoms with Crippen LogP contribution in [0.4, 0.5) is 0 Å². The summed E-state index contributed by atoms with van der Waals surface area (Å²) in [5, 5.41) is 0. The lowest BCUT2D eigenvalue weighted by Gasteiger charge is -2.01. The van der Waals surface area contributed by atoms with Crippen LogP contribution in [-0.2, 0) is 4.74 Å². The van der Waals surface area contributed by atoms with Crippen molar-refractivity contribution in [2.24, 2.45) is 0 Å². The Morgan fingerprint density at radius 2 is 1.67 bits per heavy atom. The highest BCUT2D eigenvalue weighted by atomic mass is 16.5. The van der Waals surface area contributed by atoms with Crippen LogP contribution >= 0.6 is 0 Å². The lowest BCUT2D eigenvalue weighted by molar-refractivity contribution is 0.0505. The molecule has 2 heteroatoms. The maximum Gasteiger partial charge on any atom is 0.338 e. The van der Waals surface area contributed by atoms with E-state index in [1.54, 1.807) is 12.1 Å². The van der Waals surface area contributed by atoms with E-state index in [9.17, 15) is 4.79 Å². The van der Waals surface area contributed by atoms with Crippen LogP contribution < -0.4 is 0 Å². The van der Waals surface area contributed by atoms with Gasteiger partial charge < -0.3 is 4.74 Å². The summed E-state index contributed by atoms with van der Waals surface area (Å²) in [6, 6.07) is 9.01. The minimum Gasteiger partial charge on any atom is -0.462 e. The van der Waals surface area contributed by atoms with Gasteiger partial charge in [0.25, 0.3) is 0 Å². The van der Waals surface area contributed by atoms with Gasteiger partial charge in [-0.1, -0.05) is 45.4 Å². The van der Waals surface area contributed by atoms with Crippen LogP contribution in [0.1, 0.15) is 44.0 Å². The highest BCUT2D eigenvalue weighted by molar-refractivity contribution is 5.89. The molecule has 0 radical (unpaired) electrons. The van der Waals surface area contributed by atoms with Gasteiger partial charge in [-0.2, -0.15) is 0 Å². The zero-order valence-corrected chi connectivity index (χ0v) is 9.82. The Hall–Kier alpha value is -1.31. The molecular formula is C13H20O2. The maximum absolute atomic E-state index is 11.2. The van der Waals surface area contributed by atoms with Crippen molar-refractivity contribution in [2.45, 2.75) is 33.6 Å². The Kier molecular flexibility index (Phi) is 8.44. The fourth-order valence-electron chi connectivity index (χ4n) is 0.852. The summed E-state index contributed by atoms with van der Waals surface area (Å²) < 4.78 is 4.94. The van der Waals surface area contributed by atoms with Gasteiger partial charge in [0.15, 0.2) is 0 Å². The lowest BCUT2D eigenvalue weighted by Crippen LogP contribution is -2.05. The molecule has 1 aromatic carbocycles. The molecule has 0 aliphatic heterocycles. The summed E-state index contributed by atoms with van der Waals surface area (Å²) >= 11 is 0. The van der Waals surface area contributed by atoms with Crippen molar-refractivity contribution in [2.75, 3.05) is 6.61 Å². The molecule has 0 aromatic heterocycles. The van der Waals surface area contributed by atoms with Crippen molar-refractivity contribution in [3.8, 4) is 0 Å². The van der Waals surface area contributed by atoms with Gasteiger partial charge in [-0.25, -0.2) is 4.79 Å². The normalized spacial score (nSPS) is 8.73. The average Bonchev–Trinajstić information content (AvgIpc) is 2.28. The van der Waals surface area contributed by atoms with Gasteiger partial charge >= 0.3 is 5.97 Å². The van der Waals surface area contributed by atoms with Crippen molar-refractivity contribution in [3.05, 3.63) is 35.9 Å². The summed E-state index contributed by atoms with van der Waals surface area (Å²) in [4.78, 5) is 11.2. The summed E-state index contributed by atoms with van der Waals surface area (Å²) in [5.41, 5.74) is 0.617. The molecule has 0 aliphatic carbocycles. The molecule has 0 aliphatic rings. The highest BCUT2D eigenvalue weighted by Crippen LogP contribution is 2.00. The van der Waals surface area contributed by atoms with E-state index < -0.39 is 0 Å². The Labute approximate surface area is 92.3 Å². The van der Waals surface area contributed by atoms with Crippen molar-refractivity contribution in [3.63, 3.8) is 0 Å². The molecule has 15 heavy (non-hydrogen) atoms. The van der Waals surface area contributed by atoms with Crippen molar-refractivity contribution < 1.29 is 9.53 Å². The second kappa shape index (κ2) is 9.25. The average molecular weight is 208 g/mol. The van der Waals surface area contributed by atoms with Crippen LogP contribution in [0.15, 0.2) is 30.3 Å². The van der Waals surface area contributed by atoms with Gasteiger partial charge in [0.2, 0.25) is 0 Å². The quantitative estimate of drug-likeness (QED) is 0.708. The van der Waals surface area contributed by atoms with E-state index in [1.807, 2.05) is 25.1 Å². The molecule has 0 fully saturated rings. The van der Waals surface area contributed by atoms with E-state index in [0.717, 1.165) is 6.42 Å². The van der Waals surface area contributed by atoms with E-state index in [-0.39, 0.29) is 5.97 Å². The topological polar surface area (TPSA) is 26.3 Å². The predicted octanol–water partition coefficient (Wildman–Crippen LogP) is 3.67. The van der Waals surface area contributed by atoms with Crippen LogP contribution in [0.5, 0.6) is 0 Å². The highest BCUT2D eigenvalue weighted by Gasteiger charge is 2.03. The first-order valence-electron chi connectivity index (χ1n) is 5.48. The monoisotopic (exact) mass is 208 g/mol. The second-order valence-electron chi connectivity index (χ2n) is 3.21. The Morgan fingerprint density at radius 1 is 1.13 bits per heavy atom. The third-order valence-corrected chi connectivity index (χ3v) is 1.45. The molecule has 0 bridgehead atoms.